The number of aromatic amines is 1. The first-order valence-corrected chi connectivity index (χ1v) is 7.29. The first kappa shape index (κ1) is 13.6. The zero-order valence-corrected chi connectivity index (χ0v) is 11.6. The average molecular weight is 280 g/mol. The molecule has 0 spiro atoms. The van der Waals surface area contributed by atoms with Crippen LogP contribution in [0.25, 0.3) is 0 Å². The van der Waals surface area contributed by atoms with Crippen LogP contribution in [0.4, 0.5) is 5.69 Å². The largest absolute Gasteiger partial charge is 0.379 e. The number of sulfonamides is 1. The number of hydrogen-bond donors (Lipinski definition) is 3. The lowest BCUT2D eigenvalue weighted by atomic mass is 10.2. The molecule has 1 heterocycles. The lowest BCUT2D eigenvalue weighted by molar-refractivity contribution is 0.597. The van der Waals surface area contributed by atoms with Gasteiger partial charge in [-0.05, 0) is 31.5 Å². The molecular weight excluding hydrogens is 264 g/mol. The zero-order valence-electron chi connectivity index (χ0n) is 10.8. The van der Waals surface area contributed by atoms with Crippen LogP contribution < -0.4 is 10.5 Å². The summed E-state index contributed by atoms with van der Waals surface area (Å²) in [7, 11) is -3.69. The van der Waals surface area contributed by atoms with Gasteiger partial charge in [0, 0.05) is 5.69 Å². The Bertz CT molecular complexity index is 692. The molecule has 0 radical (unpaired) electrons. The maximum Gasteiger partial charge on any atom is 0.238 e. The fourth-order valence-electron chi connectivity index (χ4n) is 1.87. The Kier molecular flexibility index (Phi) is 3.59. The van der Waals surface area contributed by atoms with Crippen molar-refractivity contribution in [1.29, 1.82) is 0 Å². The minimum absolute atomic E-state index is 0.137. The van der Waals surface area contributed by atoms with Crippen molar-refractivity contribution in [2.45, 2.75) is 25.3 Å². The van der Waals surface area contributed by atoms with Gasteiger partial charge in [0.05, 0.1) is 23.3 Å². The van der Waals surface area contributed by atoms with Gasteiger partial charge in [0.25, 0.3) is 0 Å². The molecule has 1 aromatic heterocycles. The van der Waals surface area contributed by atoms with E-state index >= 15 is 0 Å². The molecule has 0 unspecified atom stereocenters. The molecule has 4 N–H and O–H groups in total. The number of hydrogen-bond acceptors (Lipinski definition) is 4. The summed E-state index contributed by atoms with van der Waals surface area (Å²) in [6.07, 6.45) is 1.74. The molecule has 0 fully saturated rings. The predicted molar refractivity (Wildman–Crippen MR) is 73.2 cm³/mol. The zero-order chi connectivity index (χ0) is 14.0. The van der Waals surface area contributed by atoms with E-state index in [0.717, 1.165) is 17.2 Å². The summed E-state index contributed by atoms with van der Waals surface area (Å²) in [5, 5.41) is 8.33. The van der Waals surface area contributed by atoms with E-state index in [2.05, 4.69) is 15.3 Å². The number of benzene rings is 1. The summed E-state index contributed by atoms with van der Waals surface area (Å²) in [6.45, 7) is 4.13. The van der Waals surface area contributed by atoms with Crippen molar-refractivity contribution in [1.82, 2.24) is 9.97 Å². The van der Waals surface area contributed by atoms with Gasteiger partial charge < -0.3 is 10.3 Å². The summed E-state index contributed by atoms with van der Waals surface area (Å²) in [6, 6.07) is 4.97. The molecule has 0 aliphatic carbocycles. The smallest absolute Gasteiger partial charge is 0.238 e. The number of nitrogens with zero attached hydrogens (tertiary/aromatic N) is 1. The minimum Gasteiger partial charge on any atom is -0.379 e. The lowest BCUT2D eigenvalue weighted by Crippen LogP contribution is -2.14. The highest BCUT2D eigenvalue weighted by Gasteiger charge is 2.13. The van der Waals surface area contributed by atoms with Crippen LogP contribution >= 0.6 is 0 Å². The predicted octanol–water partition coefficient (Wildman–Crippen LogP) is 1.29. The number of H-pyrrole nitrogens is 1. The van der Waals surface area contributed by atoms with Crippen LogP contribution in [-0.2, 0) is 16.6 Å². The van der Waals surface area contributed by atoms with Gasteiger partial charge in [-0.25, -0.2) is 18.5 Å². The number of primary sulfonamides is 1. The van der Waals surface area contributed by atoms with Crippen LogP contribution in [-0.4, -0.2) is 18.4 Å². The van der Waals surface area contributed by atoms with Gasteiger partial charge >= 0.3 is 0 Å². The van der Waals surface area contributed by atoms with Crippen molar-refractivity contribution in [3.8, 4) is 0 Å². The van der Waals surface area contributed by atoms with E-state index in [4.69, 9.17) is 5.14 Å². The number of imidazole rings is 1. The molecular formula is C12H16N4O2S. The van der Waals surface area contributed by atoms with Gasteiger partial charge in [0.1, 0.15) is 5.82 Å². The van der Waals surface area contributed by atoms with Gasteiger partial charge in [-0.1, -0.05) is 6.07 Å². The van der Waals surface area contributed by atoms with Gasteiger partial charge in [-0.2, -0.15) is 0 Å². The summed E-state index contributed by atoms with van der Waals surface area (Å²) in [5.74, 6) is 0.840. The molecule has 7 heteroatoms. The first-order valence-electron chi connectivity index (χ1n) is 5.74. The van der Waals surface area contributed by atoms with Crippen molar-refractivity contribution in [2.75, 3.05) is 5.32 Å². The summed E-state index contributed by atoms with van der Waals surface area (Å²) >= 11 is 0. The lowest BCUT2D eigenvalue weighted by Gasteiger charge is -2.11. The molecule has 2 rings (SSSR count). The second-order valence-electron chi connectivity index (χ2n) is 4.32. The third kappa shape index (κ3) is 3.12. The Morgan fingerprint density at radius 2 is 2.11 bits per heavy atom. The molecule has 0 aliphatic rings. The minimum atomic E-state index is -3.69. The standard InChI is InChI=1S/C12H16N4O2S/c1-8-11(4-3-5-12(8)19(13,17)18)15-7-10-6-14-9(2)16-10/h3-6,15H,7H2,1-2H3,(H,14,16)(H2,13,17,18). The average Bonchev–Trinajstić information content (AvgIpc) is 2.72. The fraction of sp³-hybridized carbons (Fsp3) is 0.250. The van der Waals surface area contributed by atoms with Crippen molar-refractivity contribution >= 4 is 15.7 Å². The topological polar surface area (TPSA) is 101 Å². The second kappa shape index (κ2) is 5.02. The van der Waals surface area contributed by atoms with E-state index in [0.29, 0.717) is 12.1 Å². The van der Waals surface area contributed by atoms with Gasteiger partial charge in [-0.15, -0.1) is 0 Å². The van der Waals surface area contributed by atoms with Gasteiger partial charge in [0.2, 0.25) is 10.0 Å². The molecule has 102 valence electrons. The molecule has 0 saturated heterocycles. The van der Waals surface area contributed by atoms with Gasteiger partial charge in [0.15, 0.2) is 0 Å². The van der Waals surface area contributed by atoms with Crippen molar-refractivity contribution in [3.05, 3.63) is 41.5 Å². The maximum absolute atomic E-state index is 11.4. The number of aromatic nitrogens is 2. The van der Waals surface area contributed by atoms with E-state index in [1.165, 1.54) is 6.07 Å². The molecule has 0 aliphatic heterocycles. The Balaban J connectivity index is 2.22. The molecule has 0 saturated carbocycles. The number of nitrogens with two attached hydrogens (primary N) is 1. The first-order chi connectivity index (χ1) is 8.88. The van der Waals surface area contributed by atoms with E-state index < -0.39 is 10.0 Å². The summed E-state index contributed by atoms with van der Waals surface area (Å²) < 4.78 is 22.8. The third-order valence-electron chi connectivity index (χ3n) is 2.82. The van der Waals surface area contributed by atoms with Crippen LogP contribution in [0.15, 0.2) is 29.3 Å². The molecule has 0 atom stereocenters. The van der Waals surface area contributed by atoms with Crippen LogP contribution in [0, 0.1) is 13.8 Å². The highest BCUT2D eigenvalue weighted by atomic mass is 32.2. The van der Waals surface area contributed by atoms with E-state index in [1.54, 1.807) is 19.2 Å². The normalized spacial score (nSPS) is 11.5. The SMILES string of the molecule is Cc1ncc(CNc2cccc(S(N)(=O)=O)c2C)[nH]1. The molecule has 19 heavy (non-hydrogen) atoms. The summed E-state index contributed by atoms with van der Waals surface area (Å²) in [4.78, 5) is 7.33. The third-order valence-corrected chi connectivity index (χ3v) is 3.87. The number of anilines is 1. The Morgan fingerprint density at radius 1 is 1.37 bits per heavy atom. The van der Waals surface area contributed by atoms with Crippen molar-refractivity contribution in [3.63, 3.8) is 0 Å². The quantitative estimate of drug-likeness (QED) is 0.785. The highest BCUT2D eigenvalue weighted by molar-refractivity contribution is 7.89. The number of nitrogens with one attached hydrogen (secondary N) is 2. The molecule has 0 bridgehead atoms. The van der Waals surface area contributed by atoms with E-state index in [-0.39, 0.29) is 4.90 Å². The Hall–Kier alpha value is -1.86. The van der Waals surface area contributed by atoms with E-state index in [9.17, 15) is 8.42 Å². The number of rotatable bonds is 4. The highest BCUT2D eigenvalue weighted by Crippen LogP contribution is 2.22. The monoisotopic (exact) mass is 280 g/mol. The molecule has 0 amide bonds. The molecule has 2 aromatic rings. The van der Waals surface area contributed by atoms with Crippen molar-refractivity contribution in [2.24, 2.45) is 5.14 Å². The van der Waals surface area contributed by atoms with Crippen LogP contribution in [0.3, 0.4) is 0 Å². The number of aryl methyl sites for hydroxylation is 1. The second-order valence-corrected chi connectivity index (χ2v) is 5.85. The summed E-state index contributed by atoms with van der Waals surface area (Å²) in [5.41, 5.74) is 2.28. The molecule has 1 aromatic carbocycles. The van der Waals surface area contributed by atoms with Crippen molar-refractivity contribution < 1.29 is 8.42 Å². The molecule has 6 nitrogen and oxygen atoms in total. The van der Waals surface area contributed by atoms with Gasteiger partial charge in [-0.3, -0.25) is 0 Å². The Labute approximate surface area is 112 Å². The van der Waals surface area contributed by atoms with Crippen LogP contribution in [0.5, 0.6) is 0 Å². The van der Waals surface area contributed by atoms with Crippen LogP contribution in [0.1, 0.15) is 17.1 Å². The van der Waals surface area contributed by atoms with E-state index in [1.807, 2.05) is 13.0 Å². The van der Waals surface area contributed by atoms with Crippen LogP contribution in [0.2, 0.25) is 0 Å². The fourth-order valence-corrected chi connectivity index (χ4v) is 2.67. The maximum atomic E-state index is 11.4. The Morgan fingerprint density at radius 3 is 2.68 bits per heavy atom.